The van der Waals surface area contributed by atoms with Crippen LogP contribution in [0.15, 0.2) is 115 Å². The van der Waals surface area contributed by atoms with E-state index in [9.17, 15) is 0 Å². The summed E-state index contributed by atoms with van der Waals surface area (Å²) in [6.07, 6.45) is 0. The number of hydrogen-bond donors (Lipinski definition) is 0. The van der Waals surface area contributed by atoms with Gasteiger partial charge in [-0.15, -0.1) is 0 Å². The molecule has 0 fully saturated rings. The fraction of sp³-hybridized carbons (Fsp3) is 0.167. The number of ether oxygens (including phenoxy) is 1. The van der Waals surface area contributed by atoms with Gasteiger partial charge in [0, 0.05) is 5.69 Å². The van der Waals surface area contributed by atoms with Crippen LogP contribution in [0.5, 0.6) is 11.5 Å². The predicted octanol–water partition coefficient (Wildman–Crippen LogP) is 10.8. The highest BCUT2D eigenvalue weighted by Gasteiger charge is 2.26. The number of benzene rings is 5. The lowest BCUT2D eigenvalue weighted by atomic mass is 9.94. The number of para-hydroxylation sites is 4. The van der Waals surface area contributed by atoms with E-state index in [4.69, 9.17) is 4.74 Å². The van der Waals surface area contributed by atoms with Crippen molar-refractivity contribution < 1.29 is 4.74 Å². The zero-order valence-corrected chi connectivity index (χ0v) is 22.5. The first-order valence-corrected chi connectivity index (χ1v) is 13.5. The van der Waals surface area contributed by atoms with Crippen LogP contribution in [-0.2, 0) is 0 Å². The van der Waals surface area contributed by atoms with Crippen LogP contribution in [-0.4, -0.2) is 0 Å². The van der Waals surface area contributed by atoms with E-state index in [1.165, 1.54) is 33.4 Å². The molecule has 5 aromatic carbocycles. The summed E-state index contributed by atoms with van der Waals surface area (Å²) in [4.78, 5) is 2.33. The Hall–Kier alpha value is -4.30. The van der Waals surface area contributed by atoms with Crippen LogP contribution in [0.2, 0.25) is 0 Å². The van der Waals surface area contributed by atoms with Crippen LogP contribution in [0, 0.1) is 0 Å². The summed E-state index contributed by atoms with van der Waals surface area (Å²) in [5, 5.41) is 0. The van der Waals surface area contributed by atoms with Crippen molar-refractivity contribution in [1.29, 1.82) is 0 Å². The van der Waals surface area contributed by atoms with E-state index in [0.717, 1.165) is 28.6 Å². The molecule has 38 heavy (non-hydrogen) atoms. The molecular weight excluding hydrogens is 462 g/mol. The second-order valence-corrected chi connectivity index (χ2v) is 10.7. The number of nitrogens with zero attached hydrogens (tertiary/aromatic N) is 1. The van der Waals surface area contributed by atoms with Crippen LogP contribution in [0.1, 0.15) is 50.7 Å². The van der Waals surface area contributed by atoms with Crippen LogP contribution in [0.25, 0.3) is 22.3 Å². The van der Waals surface area contributed by atoms with Crippen molar-refractivity contribution in [3.8, 4) is 33.8 Å². The molecule has 1 aliphatic heterocycles. The van der Waals surface area contributed by atoms with E-state index in [2.05, 4.69) is 124 Å². The van der Waals surface area contributed by atoms with Gasteiger partial charge in [0.2, 0.25) is 0 Å². The second kappa shape index (κ2) is 9.87. The van der Waals surface area contributed by atoms with Crippen molar-refractivity contribution in [3.63, 3.8) is 0 Å². The van der Waals surface area contributed by atoms with E-state index in [1.54, 1.807) is 0 Å². The van der Waals surface area contributed by atoms with Gasteiger partial charge in [-0.05, 0) is 87.7 Å². The summed E-state index contributed by atoms with van der Waals surface area (Å²) in [6.45, 7) is 8.95. The lowest BCUT2D eigenvalue weighted by Crippen LogP contribution is -2.15. The highest BCUT2D eigenvalue weighted by Crippen LogP contribution is 2.51. The van der Waals surface area contributed by atoms with Gasteiger partial charge in [-0.3, -0.25) is 0 Å². The maximum atomic E-state index is 6.29. The minimum absolute atomic E-state index is 0.506. The second-order valence-electron chi connectivity index (χ2n) is 10.7. The molecule has 0 unspecified atom stereocenters. The Morgan fingerprint density at radius 3 is 1.32 bits per heavy atom. The quantitative estimate of drug-likeness (QED) is 0.236. The Morgan fingerprint density at radius 1 is 0.474 bits per heavy atom. The van der Waals surface area contributed by atoms with Crippen LogP contribution >= 0.6 is 0 Å². The molecule has 0 radical (unpaired) electrons. The molecule has 1 aliphatic rings. The molecule has 2 nitrogen and oxygen atoms in total. The highest BCUT2D eigenvalue weighted by molar-refractivity contribution is 5.90. The van der Waals surface area contributed by atoms with Gasteiger partial charge in [-0.1, -0.05) is 100 Å². The molecule has 0 amide bonds. The van der Waals surface area contributed by atoms with E-state index < -0.39 is 0 Å². The minimum atomic E-state index is 0.506. The third-order valence-corrected chi connectivity index (χ3v) is 7.43. The molecule has 6 rings (SSSR count). The van der Waals surface area contributed by atoms with E-state index in [-0.39, 0.29) is 0 Å². The summed E-state index contributed by atoms with van der Waals surface area (Å²) in [5.74, 6) is 2.74. The molecule has 188 valence electrons. The SMILES string of the molecule is CC(C)c1ccc(-c2cc(-c3ccc(C(C)C)cc3)cc(N3c4ccccc4Oc4ccccc43)c2)cc1. The molecule has 0 aliphatic carbocycles. The van der Waals surface area contributed by atoms with Gasteiger partial charge in [0.15, 0.2) is 11.5 Å². The van der Waals surface area contributed by atoms with Crippen molar-refractivity contribution in [2.45, 2.75) is 39.5 Å². The lowest BCUT2D eigenvalue weighted by Gasteiger charge is -2.33. The molecular formula is C36H33NO. The normalized spacial score (nSPS) is 12.3. The average Bonchev–Trinajstić information content (AvgIpc) is 2.95. The van der Waals surface area contributed by atoms with Crippen LogP contribution in [0.4, 0.5) is 17.1 Å². The average molecular weight is 496 g/mol. The first-order chi connectivity index (χ1) is 18.5. The predicted molar refractivity (Wildman–Crippen MR) is 160 cm³/mol. The molecule has 0 N–H and O–H groups in total. The molecule has 0 atom stereocenters. The number of anilines is 3. The Bertz CT molecular complexity index is 1460. The fourth-order valence-corrected chi connectivity index (χ4v) is 5.18. The van der Waals surface area contributed by atoms with Crippen molar-refractivity contribution in [1.82, 2.24) is 0 Å². The first-order valence-electron chi connectivity index (χ1n) is 13.5. The van der Waals surface area contributed by atoms with Crippen LogP contribution in [0.3, 0.4) is 0 Å². The molecule has 1 heterocycles. The van der Waals surface area contributed by atoms with Crippen LogP contribution < -0.4 is 9.64 Å². The summed E-state index contributed by atoms with van der Waals surface area (Å²) in [5.41, 5.74) is 10.7. The lowest BCUT2D eigenvalue weighted by molar-refractivity contribution is 0.477. The van der Waals surface area contributed by atoms with Gasteiger partial charge in [0.05, 0.1) is 11.4 Å². The molecule has 0 spiro atoms. The minimum Gasteiger partial charge on any atom is -0.453 e. The van der Waals surface area contributed by atoms with Crippen molar-refractivity contribution in [2.24, 2.45) is 0 Å². The summed E-state index contributed by atoms with van der Waals surface area (Å²) >= 11 is 0. The first kappa shape index (κ1) is 24.1. The molecule has 0 bridgehead atoms. The number of hydrogen-bond acceptors (Lipinski definition) is 2. The standard InChI is InChI=1S/C36H33NO/c1-24(2)26-13-17-28(18-14-26)30-21-31(29-19-15-27(16-20-29)25(3)4)23-32(22-30)37-33-9-5-7-11-35(33)38-36-12-8-6-10-34(36)37/h5-25H,1-4H3. The Kier molecular flexibility index (Phi) is 6.25. The smallest absolute Gasteiger partial charge is 0.151 e. The topological polar surface area (TPSA) is 12.5 Å². The van der Waals surface area contributed by atoms with E-state index in [1.807, 2.05) is 24.3 Å². The molecule has 0 saturated carbocycles. The zero-order valence-electron chi connectivity index (χ0n) is 22.5. The fourth-order valence-electron chi connectivity index (χ4n) is 5.18. The van der Waals surface area contributed by atoms with Crippen molar-refractivity contribution in [3.05, 3.63) is 126 Å². The monoisotopic (exact) mass is 495 g/mol. The highest BCUT2D eigenvalue weighted by atomic mass is 16.5. The van der Waals surface area contributed by atoms with E-state index in [0.29, 0.717) is 11.8 Å². The van der Waals surface area contributed by atoms with Gasteiger partial charge >= 0.3 is 0 Å². The Balaban J connectivity index is 1.55. The van der Waals surface area contributed by atoms with Gasteiger partial charge in [0.25, 0.3) is 0 Å². The zero-order chi connectivity index (χ0) is 26.2. The third-order valence-electron chi connectivity index (χ3n) is 7.43. The molecule has 0 aromatic heterocycles. The van der Waals surface area contributed by atoms with Crippen molar-refractivity contribution >= 4 is 17.1 Å². The maximum Gasteiger partial charge on any atom is 0.151 e. The number of fused-ring (bicyclic) bond motifs is 2. The molecule has 2 heteroatoms. The molecule has 5 aromatic rings. The van der Waals surface area contributed by atoms with Gasteiger partial charge in [0.1, 0.15) is 0 Å². The summed E-state index contributed by atoms with van der Waals surface area (Å²) in [7, 11) is 0. The Labute approximate surface area is 226 Å². The largest absolute Gasteiger partial charge is 0.453 e. The molecule has 0 saturated heterocycles. The van der Waals surface area contributed by atoms with Gasteiger partial charge in [-0.2, -0.15) is 0 Å². The number of rotatable bonds is 5. The summed E-state index contributed by atoms with van der Waals surface area (Å²) in [6, 6.07) is 41.5. The third kappa shape index (κ3) is 4.48. The van der Waals surface area contributed by atoms with Gasteiger partial charge < -0.3 is 9.64 Å². The maximum absolute atomic E-state index is 6.29. The summed E-state index contributed by atoms with van der Waals surface area (Å²) < 4.78 is 6.29. The van der Waals surface area contributed by atoms with E-state index >= 15 is 0 Å². The Morgan fingerprint density at radius 2 is 0.895 bits per heavy atom. The van der Waals surface area contributed by atoms with Crippen molar-refractivity contribution in [2.75, 3.05) is 4.90 Å². The van der Waals surface area contributed by atoms with Gasteiger partial charge in [-0.25, -0.2) is 0 Å².